The summed E-state index contributed by atoms with van der Waals surface area (Å²) in [5, 5.41) is 9.22. The van der Waals surface area contributed by atoms with Crippen molar-refractivity contribution in [2.24, 2.45) is 0 Å². The second-order valence-corrected chi connectivity index (χ2v) is 5.56. The molecule has 1 unspecified atom stereocenters. The van der Waals surface area contributed by atoms with Gasteiger partial charge in [-0.1, -0.05) is 30.3 Å². The van der Waals surface area contributed by atoms with Crippen LogP contribution in [0, 0.1) is 0 Å². The monoisotopic (exact) mass is 218 g/mol. The van der Waals surface area contributed by atoms with Crippen LogP contribution < -0.4 is 0 Å². The van der Waals surface area contributed by atoms with Crippen LogP contribution in [0.15, 0.2) is 64.4 Å². The maximum Gasteiger partial charge on any atom is 0.115 e. The van der Waals surface area contributed by atoms with Crippen LogP contribution in [0.3, 0.4) is 0 Å². The number of benzene rings is 2. The molecule has 78 valence electrons. The molecule has 0 aliphatic rings. The molecular weight excluding hydrogens is 204 g/mol. The zero-order valence-electron chi connectivity index (χ0n) is 8.59. The van der Waals surface area contributed by atoms with E-state index in [0.717, 1.165) is 0 Å². The second-order valence-electron chi connectivity index (χ2n) is 3.41. The second kappa shape index (κ2) is 4.41. The Morgan fingerprint density at radius 3 is 1.93 bits per heavy atom. The summed E-state index contributed by atoms with van der Waals surface area (Å²) < 4.78 is 0. The molecule has 2 heteroatoms. The predicted octanol–water partition coefficient (Wildman–Crippen LogP) is 3.44. The van der Waals surface area contributed by atoms with Gasteiger partial charge in [-0.25, -0.2) is 10.9 Å². The summed E-state index contributed by atoms with van der Waals surface area (Å²) >= 11 is 0. The van der Waals surface area contributed by atoms with Crippen LogP contribution in [-0.2, 0) is 0 Å². The summed E-state index contributed by atoms with van der Waals surface area (Å²) in [7, 11) is -0.294. The maximum atomic E-state index is 9.22. The highest BCUT2D eigenvalue weighted by molar-refractivity contribution is 8.16. The number of thiol groups is 1. The summed E-state index contributed by atoms with van der Waals surface area (Å²) in [4.78, 5) is 2.65. The summed E-state index contributed by atoms with van der Waals surface area (Å²) in [5.74, 6) is 0.329. The van der Waals surface area contributed by atoms with E-state index in [9.17, 15) is 5.11 Å². The standard InChI is InChI=1S/C13H14OS/c1-15(12-5-3-2-4-6-12)13-9-7-11(14)8-10-13/h2-10,14-15H,1H3. The molecular formula is C13H14OS. The van der Waals surface area contributed by atoms with Crippen molar-refractivity contribution in [1.82, 2.24) is 0 Å². The molecule has 0 aliphatic heterocycles. The highest BCUT2D eigenvalue weighted by Crippen LogP contribution is 2.41. The molecule has 0 bridgehead atoms. The number of aromatic hydroxyl groups is 1. The van der Waals surface area contributed by atoms with Gasteiger partial charge in [-0.3, -0.25) is 0 Å². The Kier molecular flexibility index (Phi) is 2.97. The van der Waals surface area contributed by atoms with Gasteiger partial charge in [-0.2, -0.15) is 0 Å². The van der Waals surface area contributed by atoms with Gasteiger partial charge in [0, 0.05) is 0 Å². The molecule has 0 amide bonds. The fourth-order valence-corrected chi connectivity index (χ4v) is 2.99. The maximum absolute atomic E-state index is 9.22. The van der Waals surface area contributed by atoms with Gasteiger partial charge in [0.1, 0.15) is 5.75 Å². The highest BCUT2D eigenvalue weighted by Gasteiger charge is 2.02. The van der Waals surface area contributed by atoms with Gasteiger partial charge in [0.05, 0.1) is 0 Å². The van der Waals surface area contributed by atoms with Gasteiger partial charge < -0.3 is 5.11 Å². The van der Waals surface area contributed by atoms with E-state index in [1.165, 1.54) is 9.79 Å². The van der Waals surface area contributed by atoms with Crippen LogP contribution in [0.5, 0.6) is 5.75 Å². The van der Waals surface area contributed by atoms with E-state index in [1.807, 2.05) is 18.2 Å². The highest BCUT2D eigenvalue weighted by atomic mass is 32.2. The van der Waals surface area contributed by atoms with Crippen molar-refractivity contribution >= 4 is 10.9 Å². The van der Waals surface area contributed by atoms with E-state index in [2.05, 4.69) is 30.5 Å². The Hall–Kier alpha value is -1.41. The molecule has 0 saturated heterocycles. The Balaban J connectivity index is 2.29. The molecule has 0 heterocycles. The first-order valence-electron chi connectivity index (χ1n) is 4.85. The van der Waals surface area contributed by atoms with Crippen LogP contribution in [0.4, 0.5) is 0 Å². The molecule has 0 aliphatic carbocycles. The van der Waals surface area contributed by atoms with E-state index in [0.29, 0.717) is 5.75 Å². The number of hydrogen-bond donors (Lipinski definition) is 2. The van der Waals surface area contributed by atoms with Crippen molar-refractivity contribution in [3.63, 3.8) is 0 Å². The SMILES string of the molecule is C[SH](c1ccccc1)c1ccc(O)cc1. The lowest BCUT2D eigenvalue weighted by molar-refractivity contribution is 0.475. The molecule has 1 nitrogen and oxygen atoms in total. The topological polar surface area (TPSA) is 20.2 Å². The summed E-state index contributed by atoms with van der Waals surface area (Å²) in [6, 6.07) is 17.9. The molecule has 2 aromatic carbocycles. The van der Waals surface area contributed by atoms with Crippen LogP contribution in [0.2, 0.25) is 0 Å². The van der Waals surface area contributed by atoms with Crippen molar-refractivity contribution in [1.29, 1.82) is 0 Å². The Morgan fingerprint density at radius 1 is 0.800 bits per heavy atom. The van der Waals surface area contributed by atoms with Crippen molar-refractivity contribution in [2.45, 2.75) is 9.79 Å². The Labute approximate surface area is 92.7 Å². The van der Waals surface area contributed by atoms with Crippen molar-refractivity contribution in [3.05, 3.63) is 54.6 Å². The average Bonchev–Trinajstić information content (AvgIpc) is 2.30. The number of phenols is 1. The van der Waals surface area contributed by atoms with E-state index in [4.69, 9.17) is 0 Å². The third-order valence-corrected chi connectivity index (χ3v) is 4.53. The fourth-order valence-electron chi connectivity index (χ4n) is 1.48. The van der Waals surface area contributed by atoms with Gasteiger partial charge >= 0.3 is 0 Å². The minimum absolute atomic E-state index is 0.294. The number of hydrogen-bond acceptors (Lipinski definition) is 1. The van der Waals surface area contributed by atoms with Crippen molar-refractivity contribution < 1.29 is 5.11 Å². The Morgan fingerprint density at radius 2 is 1.33 bits per heavy atom. The fraction of sp³-hybridized carbons (Fsp3) is 0.0769. The summed E-state index contributed by atoms with van der Waals surface area (Å²) in [6.07, 6.45) is 2.23. The van der Waals surface area contributed by atoms with Gasteiger partial charge in [-0.15, -0.1) is 0 Å². The minimum atomic E-state index is -0.294. The quantitative estimate of drug-likeness (QED) is 0.740. The van der Waals surface area contributed by atoms with Gasteiger partial charge in [0.2, 0.25) is 0 Å². The van der Waals surface area contributed by atoms with E-state index in [1.54, 1.807) is 12.1 Å². The zero-order chi connectivity index (χ0) is 10.7. The number of phenolic OH excluding ortho intramolecular Hbond substituents is 1. The first-order valence-corrected chi connectivity index (χ1v) is 6.64. The average molecular weight is 218 g/mol. The predicted molar refractivity (Wildman–Crippen MR) is 66.0 cm³/mol. The lowest BCUT2D eigenvalue weighted by Crippen LogP contribution is -1.82. The molecule has 0 spiro atoms. The van der Waals surface area contributed by atoms with Crippen molar-refractivity contribution in [2.75, 3.05) is 6.26 Å². The molecule has 0 aromatic heterocycles. The van der Waals surface area contributed by atoms with Gasteiger partial charge in [0.25, 0.3) is 0 Å². The van der Waals surface area contributed by atoms with E-state index in [-0.39, 0.29) is 10.9 Å². The van der Waals surface area contributed by atoms with E-state index >= 15 is 0 Å². The van der Waals surface area contributed by atoms with Crippen LogP contribution in [0.1, 0.15) is 0 Å². The van der Waals surface area contributed by atoms with Crippen LogP contribution in [-0.4, -0.2) is 11.4 Å². The van der Waals surface area contributed by atoms with Crippen molar-refractivity contribution in [3.8, 4) is 5.75 Å². The van der Waals surface area contributed by atoms with Gasteiger partial charge in [-0.05, 0) is 40.3 Å². The third kappa shape index (κ3) is 2.34. The third-order valence-electron chi connectivity index (χ3n) is 2.38. The molecule has 15 heavy (non-hydrogen) atoms. The molecule has 1 atom stereocenters. The summed E-state index contributed by atoms with van der Waals surface area (Å²) in [5.41, 5.74) is 0. The van der Waals surface area contributed by atoms with E-state index < -0.39 is 0 Å². The van der Waals surface area contributed by atoms with Gasteiger partial charge in [0.15, 0.2) is 0 Å². The molecule has 2 aromatic rings. The Bertz CT molecular complexity index is 422. The minimum Gasteiger partial charge on any atom is -0.508 e. The normalized spacial score (nSPS) is 13.5. The largest absolute Gasteiger partial charge is 0.508 e. The van der Waals surface area contributed by atoms with Crippen LogP contribution >= 0.6 is 10.9 Å². The molecule has 2 rings (SSSR count). The van der Waals surface area contributed by atoms with Crippen LogP contribution in [0.25, 0.3) is 0 Å². The molecule has 0 saturated carbocycles. The molecule has 0 fully saturated rings. The number of rotatable bonds is 2. The summed E-state index contributed by atoms with van der Waals surface area (Å²) in [6.45, 7) is 0. The lowest BCUT2D eigenvalue weighted by Gasteiger charge is -2.16. The lowest BCUT2D eigenvalue weighted by atomic mass is 10.3. The first-order chi connectivity index (χ1) is 7.27. The molecule has 0 radical (unpaired) electrons. The first kappa shape index (κ1) is 10.1. The smallest absolute Gasteiger partial charge is 0.115 e. The molecule has 1 N–H and O–H groups in total. The zero-order valence-corrected chi connectivity index (χ0v) is 9.49.